The third kappa shape index (κ3) is 2.66. The van der Waals surface area contributed by atoms with Gasteiger partial charge in [0.2, 0.25) is 5.91 Å². The Balaban J connectivity index is 1.42. The molecule has 4 heteroatoms. The van der Waals surface area contributed by atoms with Crippen LogP contribution in [0.4, 0.5) is 0 Å². The monoisotopic (exact) mass is 299 g/mol. The predicted octanol–water partition coefficient (Wildman–Crippen LogP) is 1.62. The van der Waals surface area contributed by atoms with Crippen LogP contribution in [0.2, 0.25) is 0 Å². The highest BCUT2D eigenvalue weighted by atomic mass is 16.2. The van der Waals surface area contributed by atoms with E-state index >= 15 is 0 Å². The van der Waals surface area contributed by atoms with Crippen LogP contribution in [0.5, 0.6) is 0 Å². The number of nitrogens with one attached hydrogen (secondary N) is 2. The first kappa shape index (κ1) is 14.2. The number of piperazine rings is 1. The summed E-state index contributed by atoms with van der Waals surface area (Å²) in [6, 6.07) is 9.33. The molecule has 118 valence electrons. The van der Waals surface area contributed by atoms with E-state index in [0.717, 1.165) is 38.9 Å². The molecular formula is C18H25N3O. The number of aryl methyl sites for hydroxylation is 1. The van der Waals surface area contributed by atoms with Crippen molar-refractivity contribution in [2.75, 3.05) is 19.6 Å². The summed E-state index contributed by atoms with van der Waals surface area (Å²) in [6.45, 7) is 2.98. The average molecular weight is 299 g/mol. The van der Waals surface area contributed by atoms with Crippen molar-refractivity contribution in [3.63, 3.8) is 0 Å². The maximum atomic E-state index is 12.7. The molecular weight excluding hydrogens is 274 g/mol. The summed E-state index contributed by atoms with van der Waals surface area (Å²) in [5.74, 6) is 0.173. The van der Waals surface area contributed by atoms with Gasteiger partial charge in [0.25, 0.3) is 0 Å². The Morgan fingerprint density at radius 1 is 1.23 bits per heavy atom. The SMILES string of the molecule is O=C(N[C@@H]1CCCc2ccccc21)[C@@H]1CN2CCC[C@H]2CN1. The molecule has 2 fully saturated rings. The number of nitrogens with zero attached hydrogens (tertiary/aromatic N) is 1. The van der Waals surface area contributed by atoms with Gasteiger partial charge in [0, 0.05) is 19.1 Å². The molecule has 0 bridgehead atoms. The normalized spacial score (nSPS) is 31.4. The van der Waals surface area contributed by atoms with E-state index in [1.54, 1.807) is 0 Å². The standard InChI is InChI=1S/C18H25N3O/c22-18(17-12-21-10-4-7-14(21)11-19-17)20-16-9-3-6-13-5-1-2-8-15(13)16/h1-2,5,8,14,16-17,19H,3-4,6-7,9-12H2,(H,20,22)/t14-,16+,17-/m0/s1. The van der Waals surface area contributed by atoms with Crippen molar-refractivity contribution in [3.8, 4) is 0 Å². The molecule has 1 aromatic rings. The molecule has 4 nitrogen and oxygen atoms in total. The Bertz CT molecular complexity index is 559. The Morgan fingerprint density at radius 2 is 2.14 bits per heavy atom. The molecule has 0 radical (unpaired) electrons. The summed E-state index contributed by atoms with van der Waals surface area (Å²) in [4.78, 5) is 15.1. The lowest BCUT2D eigenvalue weighted by molar-refractivity contribution is -0.125. The van der Waals surface area contributed by atoms with E-state index < -0.39 is 0 Å². The topological polar surface area (TPSA) is 44.4 Å². The van der Waals surface area contributed by atoms with Crippen molar-refractivity contribution < 1.29 is 4.79 Å². The molecule has 1 aromatic carbocycles. The van der Waals surface area contributed by atoms with Gasteiger partial charge in [-0.15, -0.1) is 0 Å². The summed E-state index contributed by atoms with van der Waals surface area (Å²) >= 11 is 0. The fourth-order valence-corrected chi connectivity index (χ4v) is 4.30. The molecule has 0 unspecified atom stereocenters. The lowest BCUT2D eigenvalue weighted by Crippen LogP contribution is -2.59. The van der Waals surface area contributed by atoms with Crippen LogP contribution >= 0.6 is 0 Å². The molecule has 3 aliphatic rings. The van der Waals surface area contributed by atoms with Crippen LogP contribution < -0.4 is 10.6 Å². The van der Waals surface area contributed by atoms with Gasteiger partial charge in [-0.3, -0.25) is 9.69 Å². The molecule has 0 spiro atoms. The molecule has 2 saturated heterocycles. The van der Waals surface area contributed by atoms with Crippen molar-refractivity contribution >= 4 is 5.91 Å². The van der Waals surface area contributed by atoms with E-state index in [2.05, 4.69) is 39.8 Å². The maximum Gasteiger partial charge on any atom is 0.238 e. The number of hydrogen-bond donors (Lipinski definition) is 2. The van der Waals surface area contributed by atoms with Crippen molar-refractivity contribution in [3.05, 3.63) is 35.4 Å². The molecule has 22 heavy (non-hydrogen) atoms. The lowest BCUT2D eigenvalue weighted by atomic mass is 9.87. The molecule has 0 saturated carbocycles. The van der Waals surface area contributed by atoms with Crippen LogP contribution in [-0.2, 0) is 11.2 Å². The van der Waals surface area contributed by atoms with Crippen LogP contribution in [-0.4, -0.2) is 42.5 Å². The van der Waals surface area contributed by atoms with E-state index in [-0.39, 0.29) is 18.0 Å². The minimum absolute atomic E-state index is 0.0524. The average Bonchev–Trinajstić information content (AvgIpc) is 3.02. The second-order valence-corrected chi connectivity index (χ2v) is 6.90. The van der Waals surface area contributed by atoms with Crippen molar-refractivity contribution in [2.45, 2.75) is 50.2 Å². The smallest absolute Gasteiger partial charge is 0.238 e. The van der Waals surface area contributed by atoms with Gasteiger partial charge in [0.1, 0.15) is 0 Å². The van der Waals surface area contributed by atoms with E-state index in [4.69, 9.17) is 0 Å². The number of carbonyl (C=O) groups is 1. The first-order valence-electron chi connectivity index (χ1n) is 8.67. The summed E-state index contributed by atoms with van der Waals surface area (Å²) in [7, 11) is 0. The molecule has 1 aliphatic carbocycles. The van der Waals surface area contributed by atoms with Gasteiger partial charge in [0.15, 0.2) is 0 Å². The zero-order chi connectivity index (χ0) is 14.9. The third-order valence-electron chi connectivity index (χ3n) is 5.52. The minimum atomic E-state index is -0.0524. The van der Waals surface area contributed by atoms with Gasteiger partial charge in [-0.25, -0.2) is 0 Å². The molecule has 1 amide bonds. The van der Waals surface area contributed by atoms with Crippen LogP contribution in [0.3, 0.4) is 0 Å². The second-order valence-electron chi connectivity index (χ2n) is 6.90. The van der Waals surface area contributed by atoms with Gasteiger partial charge in [-0.2, -0.15) is 0 Å². The van der Waals surface area contributed by atoms with Crippen LogP contribution in [0.15, 0.2) is 24.3 Å². The summed E-state index contributed by atoms with van der Waals surface area (Å²) < 4.78 is 0. The van der Waals surface area contributed by atoms with E-state index in [0.29, 0.717) is 6.04 Å². The van der Waals surface area contributed by atoms with Crippen LogP contribution in [0.1, 0.15) is 42.9 Å². The van der Waals surface area contributed by atoms with Gasteiger partial charge in [-0.1, -0.05) is 24.3 Å². The van der Waals surface area contributed by atoms with Gasteiger partial charge in [-0.05, 0) is 49.8 Å². The second kappa shape index (κ2) is 6.01. The molecule has 2 aliphatic heterocycles. The van der Waals surface area contributed by atoms with E-state index in [1.807, 2.05) is 0 Å². The summed E-state index contributed by atoms with van der Waals surface area (Å²) in [6.07, 6.45) is 5.91. The maximum absolute atomic E-state index is 12.7. The first-order chi connectivity index (χ1) is 10.8. The number of amides is 1. The Morgan fingerprint density at radius 3 is 3.09 bits per heavy atom. The molecule has 3 atom stereocenters. The number of hydrogen-bond acceptors (Lipinski definition) is 3. The Kier molecular flexibility index (Phi) is 3.89. The van der Waals surface area contributed by atoms with Crippen molar-refractivity contribution in [1.29, 1.82) is 0 Å². The van der Waals surface area contributed by atoms with Gasteiger partial charge in [0.05, 0.1) is 12.1 Å². The highest BCUT2D eigenvalue weighted by Crippen LogP contribution is 2.29. The molecule has 2 heterocycles. The first-order valence-corrected chi connectivity index (χ1v) is 8.67. The fraction of sp³-hybridized carbons (Fsp3) is 0.611. The zero-order valence-corrected chi connectivity index (χ0v) is 13.1. The number of carbonyl (C=O) groups excluding carboxylic acids is 1. The highest BCUT2D eigenvalue weighted by Gasteiger charge is 2.35. The van der Waals surface area contributed by atoms with Crippen molar-refractivity contribution in [2.24, 2.45) is 0 Å². The highest BCUT2D eigenvalue weighted by molar-refractivity contribution is 5.82. The zero-order valence-electron chi connectivity index (χ0n) is 13.1. The molecule has 0 aromatic heterocycles. The predicted molar refractivity (Wildman–Crippen MR) is 86.6 cm³/mol. The van der Waals surface area contributed by atoms with E-state index in [9.17, 15) is 4.79 Å². The third-order valence-corrected chi connectivity index (χ3v) is 5.52. The lowest BCUT2D eigenvalue weighted by Gasteiger charge is -2.36. The molecule has 4 rings (SSSR count). The fourth-order valence-electron chi connectivity index (χ4n) is 4.30. The minimum Gasteiger partial charge on any atom is -0.348 e. The summed E-state index contributed by atoms with van der Waals surface area (Å²) in [5, 5.41) is 6.75. The largest absolute Gasteiger partial charge is 0.348 e. The quantitative estimate of drug-likeness (QED) is 0.872. The number of benzene rings is 1. The summed E-state index contributed by atoms with van der Waals surface area (Å²) in [5.41, 5.74) is 2.72. The van der Waals surface area contributed by atoms with Gasteiger partial charge < -0.3 is 10.6 Å². The van der Waals surface area contributed by atoms with Crippen LogP contribution in [0.25, 0.3) is 0 Å². The Labute approximate surface area is 132 Å². The number of rotatable bonds is 2. The molecule has 2 N–H and O–H groups in total. The number of fused-ring (bicyclic) bond motifs is 2. The van der Waals surface area contributed by atoms with E-state index in [1.165, 1.54) is 24.0 Å². The van der Waals surface area contributed by atoms with Crippen LogP contribution in [0, 0.1) is 0 Å². The van der Waals surface area contributed by atoms with Gasteiger partial charge >= 0.3 is 0 Å². The Hall–Kier alpha value is -1.39. The van der Waals surface area contributed by atoms with Crippen molar-refractivity contribution in [1.82, 2.24) is 15.5 Å².